The third-order valence-corrected chi connectivity index (χ3v) is 1.45. The third kappa shape index (κ3) is 2.74. The van der Waals surface area contributed by atoms with Gasteiger partial charge < -0.3 is 10.1 Å². The number of hydrogen-bond donors (Lipinski definition) is 1. The summed E-state index contributed by atoms with van der Waals surface area (Å²) >= 11 is 0. The topological polar surface area (TPSA) is 81.5 Å². The minimum Gasteiger partial charge on any atom is -0.473 e. The number of hydrogen-bond acceptors (Lipinski definition) is 4. The van der Waals surface area contributed by atoms with Gasteiger partial charge in [-0.15, -0.1) is 0 Å². The number of nitro groups is 1. The van der Waals surface area contributed by atoms with Gasteiger partial charge in [0, 0.05) is 12.1 Å². The first kappa shape index (κ1) is 9.97. The van der Waals surface area contributed by atoms with Crippen LogP contribution in [0.4, 0.5) is 5.69 Å². The van der Waals surface area contributed by atoms with E-state index in [-0.39, 0.29) is 12.4 Å². The van der Waals surface area contributed by atoms with Crippen LogP contribution in [0.15, 0.2) is 24.3 Å². The molecule has 0 unspecified atom stereocenters. The van der Waals surface area contributed by atoms with E-state index in [1.54, 1.807) is 0 Å². The van der Waals surface area contributed by atoms with Crippen molar-refractivity contribution < 1.29 is 14.5 Å². The maximum absolute atomic E-state index is 10.3. The molecule has 0 aliphatic carbocycles. The van der Waals surface area contributed by atoms with Gasteiger partial charge in [-0.1, -0.05) is 0 Å². The van der Waals surface area contributed by atoms with Crippen molar-refractivity contribution in [3.8, 4) is 5.75 Å². The Bertz CT molecular complexity index is 323. The minimum absolute atomic E-state index is 0.000645. The Morgan fingerprint density at radius 3 is 2.57 bits per heavy atom. The molecule has 1 amide bonds. The molecule has 6 heteroatoms. The number of carbonyl (C=O) groups is 1. The van der Waals surface area contributed by atoms with E-state index >= 15 is 0 Å². The van der Waals surface area contributed by atoms with Crippen LogP contribution in [0.2, 0.25) is 0 Å². The predicted octanol–water partition coefficient (Wildman–Crippen LogP) is 0.677. The first-order valence-electron chi connectivity index (χ1n) is 3.78. The zero-order valence-electron chi connectivity index (χ0n) is 7.17. The maximum Gasteiger partial charge on any atom is 0.269 e. The second-order valence-electron chi connectivity index (χ2n) is 2.36. The molecule has 0 aromatic heterocycles. The molecule has 0 heterocycles. The van der Waals surface area contributed by atoms with Gasteiger partial charge in [0.1, 0.15) is 5.75 Å². The molecular weight excluding hydrogens is 188 g/mol. The van der Waals surface area contributed by atoms with Gasteiger partial charge in [-0.2, -0.15) is 0 Å². The second-order valence-corrected chi connectivity index (χ2v) is 2.36. The standard InChI is InChI=1S/C8H8N2O4/c11-5-9-6-14-8-3-1-7(2-4-8)10(12)13/h1-5H,6H2,(H,9,11). The molecule has 0 saturated heterocycles. The van der Waals surface area contributed by atoms with Gasteiger partial charge in [-0.05, 0) is 12.1 Å². The van der Waals surface area contributed by atoms with Crippen LogP contribution >= 0.6 is 0 Å². The van der Waals surface area contributed by atoms with Crippen molar-refractivity contribution in [3.63, 3.8) is 0 Å². The summed E-state index contributed by atoms with van der Waals surface area (Å²) in [6, 6.07) is 5.59. The number of non-ortho nitro benzene ring substituents is 1. The Labute approximate surface area is 79.6 Å². The van der Waals surface area contributed by atoms with E-state index in [4.69, 9.17) is 4.74 Å². The Hall–Kier alpha value is -2.11. The van der Waals surface area contributed by atoms with Gasteiger partial charge in [0.25, 0.3) is 5.69 Å². The van der Waals surface area contributed by atoms with Crippen molar-refractivity contribution in [1.82, 2.24) is 5.32 Å². The summed E-state index contributed by atoms with van der Waals surface area (Å²) in [4.78, 5) is 19.6. The SMILES string of the molecule is O=CNCOc1ccc([N+](=O)[O-])cc1. The fraction of sp³-hybridized carbons (Fsp3) is 0.125. The van der Waals surface area contributed by atoms with E-state index in [1.807, 2.05) is 0 Å². The van der Waals surface area contributed by atoms with Gasteiger partial charge in [-0.3, -0.25) is 14.9 Å². The average molecular weight is 196 g/mol. The molecule has 74 valence electrons. The third-order valence-electron chi connectivity index (χ3n) is 1.45. The van der Waals surface area contributed by atoms with E-state index in [0.29, 0.717) is 12.2 Å². The van der Waals surface area contributed by atoms with Crippen LogP contribution in [0.25, 0.3) is 0 Å². The molecule has 1 aromatic carbocycles. The Kier molecular flexibility index (Phi) is 3.42. The van der Waals surface area contributed by atoms with Gasteiger partial charge in [-0.25, -0.2) is 0 Å². The quantitative estimate of drug-likeness (QED) is 0.247. The maximum atomic E-state index is 10.3. The zero-order valence-corrected chi connectivity index (χ0v) is 7.17. The van der Waals surface area contributed by atoms with Crippen molar-refractivity contribution in [1.29, 1.82) is 0 Å². The lowest BCUT2D eigenvalue weighted by Crippen LogP contribution is -2.17. The molecule has 0 spiro atoms. The molecule has 0 radical (unpaired) electrons. The van der Waals surface area contributed by atoms with Crippen LogP contribution in [-0.4, -0.2) is 18.1 Å². The summed E-state index contributed by atoms with van der Waals surface area (Å²) < 4.78 is 5.02. The largest absolute Gasteiger partial charge is 0.473 e. The molecule has 14 heavy (non-hydrogen) atoms. The predicted molar refractivity (Wildman–Crippen MR) is 47.8 cm³/mol. The van der Waals surface area contributed by atoms with Crippen LogP contribution in [0.5, 0.6) is 5.75 Å². The number of nitrogens with zero attached hydrogens (tertiary/aromatic N) is 1. The van der Waals surface area contributed by atoms with Crippen LogP contribution in [0.3, 0.4) is 0 Å². The molecule has 0 atom stereocenters. The van der Waals surface area contributed by atoms with Crippen LogP contribution < -0.4 is 10.1 Å². The van der Waals surface area contributed by atoms with E-state index in [1.165, 1.54) is 24.3 Å². The Balaban J connectivity index is 2.55. The molecule has 0 fully saturated rings. The van der Waals surface area contributed by atoms with Crippen molar-refractivity contribution in [2.45, 2.75) is 0 Å². The molecule has 0 aliphatic heterocycles. The first-order valence-corrected chi connectivity index (χ1v) is 3.78. The van der Waals surface area contributed by atoms with E-state index < -0.39 is 4.92 Å². The highest BCUT2D eigenvalue weighted by Gasteiger charge is 2.03. The second kappa shape index (κ2) is 4.80. The molecule has 0 bridgehead atoms. The lowest BCUT2D eigenvalue weighted by Gasteiger charge is -2.03. The minimum atomic E-state index is -0.493. The molecule has 1 N–H and O–H groups in total. The number of nitrogens with one attached hydrogen (secondary N) is 1. The fourth-order valence-electron chi connectivity index (χ4n) is 0.823. The highest BCUT2D eigenvalue weighted by atomic mass is 16.6. The highest BCUT2D eigenvalue weighted by Crippen LogP contribution is 2.16. The molecule has 1 rings (SSSR count). The zero-order chi connectivity index (χ0) is 10.4. The number of benzene rings is 1. The monoisotopic (exact) mass is 196 g/mol. The summed E-state index contributed by atoms with van der Waals surface area (Å²) in [5.41, 5.74) is 0.000645. The molecule has 1 aromatic rings. The summed E-state index contributed by atoms with van der Waals surface area (Å²) in [5.74, 6) is 0.463. The van der Waals surface area contributed by atoms with E-state index in [9.17, 15) is 14.9 Å². The number of amides is 1. The molecule has 0 saturated carbocycles. The summed E-state index contributed by atoms with van der Waals surface area (Å²) in [7, 11) is 0. The van der Waals surface area contributed by atoms with Crippen LogP contribution in [0.1, 0.15) is 0 Å². The van der Waals surface area contributed by atoms with Crippen molar-refractivity contribution in [2.75, 3.05) is 6.73 Å². The lowest BCUT2D eigenvalue weighted by atomic mass is 10.3. The van der Waals surface area contributed by atoms with E-state index in [0.717, 1.165) is 0 Å². The van der Waals surface area contributed by atoms with Crippen molar-refractivity contribution in [3.05, 3.63) is 34.4 Å². The highest BCUT2D eigenvalue weighted by molar-refractivity contribution is 5.45. The van der Waals surface area contributed by atoms with E-state index in [2.05, 4.69) is 5.32 Å². The van der Waals surface area contributed by atoms with Crippen molar-refractivity contribution in [2.24, 2.45) is 0 Å². The fourth-order valence-corrected chi connectivity index (χ4v) is 0.823. The van der Waals surface area contributed by atoms with Gasteiger partial charge in [0.05, 0.1) is 4.92 Å². The number of rotatable bonds is 5. The van der Waals surface area contributed by atoms with Crippen LogP contribution in [-0.2, 0) is 4.79 Å². The van der Waals surface area contributed by atoms with Crippen LogP contribution in [0, 0.1) is 10.1 Å². The number of nitro benzene ring substituents is 1. The molecule has 0 aliphatic rings. The smallest absolute Gasteiger partial charge is 0.269 e. The number of carbonyl (C=O) groups excluding carboxylic acids is 1. The Morgan fingerprint density at radius 1 is 1.43 bits per heavy atom. The Morgan fingerprint density at radius 2 is 2.07 bits per heavy atom. The lowest BCUT2D eigenvalue weighted by molar-refractivity contribution is -0.384. The number of ether oxygens (including phenoxy) is 1. The van der Waals surface area contributed by atoms with Gasteiger partial charge in [0.15, 0.2) is 6.73 Å². The normalized spacial score (nSPS) is 9.14. The first-order chi connectivity index (χ1) is 6.74. The van der Waals surface area contributed by atoms with Gasteiger partial charge >= 0.3 is 0 Å². The average Bonchev–Trinajstić information content (AvgIpc) is 2.19. The van der Waals surface area contributed by atoms with Gasteiger partial charge in [0.2, 0.25) is 6.41 Å². The van der Waals surface area contributed by atoms with Crippen molar-refractivity contribution >= 4 is 12.1 Å². The summed E-state index contributed by atoms with van der Waals surface area (Å²) in [5, 5.41) is 12.6. The summed E-state index contributed by atoms with van der Waals surface area (Å²) in [6.45, 7) is 0.0430. The summed E-state index contributed by atoms with van der Waals surface area (Å²) in [6.07, 6.45) is 0.505. The molecular formula is C8H8N2O4. The molecule has 6 nitrogen and oxygen atoms in total.